The predicted molar refractivity (Wildman–Crippen MR) is 137 cm³/mol. The van der Waals surface area contributed by atoms with Crippen LogP contribution >= 0.6 is 11.8 Å². The normalized spacial score (nSPS) is 11.4. The van der Waals surface area contributed by atoms with Crippen molar-refractivity contribution >= 4 is 35.3 Å². The van der Waals surface area contributed by atoms with Crippen molar-refractivity contribution in [2.75, 3.05) is 25.3 Å². The van der Waals surface area contributed by atoms with Gasteiger partial charge in [0.05, 0.1) is 32.1 Å². The molecule has 0 unspecified atom stereocenters. The molecule has 3 rings (SSSR count). The second-order valence-corrected chi connectivity index (χ2v) is 8.67. The summed E-state index contributed by atoms with van der Waals surface area (Å²) in [6, 6.07) is 9.67. The minimum Gasteiger partial charge on any atom is -0.493 e. The quantitative estimate of drug-likeness (QED) is 0.270. The number of carbonyl (C=O) groups is 2. The van der Waals surface area contributed by atoms with Gasteiger partial charge < -0.3 is 24.7 Å². The Bertz CT molecular complexity index is 1310. The molecule has 2 aromatic carbocycles. The van der Waals surface area contributed by atoms with E-state index in [1.165, 1.54) is 32.4 Å². The summed E-state index contributed by atoms with van der Waals surface area (Å²) in [4.78, 5) is 24.6. The highest BCUT2D eigenvalue weighted by atomic mass is 32.2. The molecule has 13 heteroatoms. The molecule has 0 fully saturated rings. The molecule has 0 spiro atoms. The summed E-state index contributed by atoms with van der Waals surface area (Å²) in [5.74, 6) is 0.681. The number of rotatable bonds is 11. The van der Waals surface area contributed by atoms with Crippen LogP contribution in [0.2, 0.25) is 0 Å². The fourth-order valence-electron chi connectivity index (χ4n) is 3.33. The Balaban J connectivity index is 1.54. The summed E-state index contributed by atoms with van der Waals surface area (Å²) in [6.07, 6.45) is -1.49. The van der Waals surface area contributed by atoms with Crippen LogP contribution in [0.25, 0.3) is 6.08 Å². The molecule has 0 saturated carbocycles. The number of methoxy groups -OCH3 is 2. The van der Waals surface area contributed by atoms with E-state index in [-0.39, 0.29) is 23.9 Å². The SMILES string of the molecule is CCn1c(CNC(=O)/C=C/c2ccc(OC)c(OC)c2)nnc1SCC(=O)Nc1cccc(C(F)(F)F)c1. The van der Waals surface area contributed by atoms with Gasteiger partial charge in [-0.25, -0.2) is 0 Å². The van der Waals surface area contributed by atoms with Crippen molar-refractivity contribution in [3.63, 3.8) is 0 Å². The minimum atomic E-state index is -4.50. The first kappa shape index (κ1) is 28.6. The van der Waals surface area contributed by atoms with Gasteiger partial charge in [0.1, 0.15) is 0 Å². The molecule has 0 bridgehead atoms. The largest absolute Gasteiger partial charge is 0.493 e. The number of nitrogens with one attached hydrogen (secondary N) is 2. The number of hydrogen-bond donors (Lipinski definition) is 2. The van der Waals surface area contributed by atoms with E-state index in [4.69, 9.17) is 9.47 Å². The predicted octanol–water partition coefficient (Wildman–Crippen LogP) is 4.39. The molecule has 2 N–H and O–H groups in total. The van der Waals surface area contributed by atoms with Crippen molar-refractivity contribution in [1.82, 2.24) is 20.1 Å². The first-order valence-corrected chi connectivity index (χ1v) is 12.3. The number of ether oxygens (including phenoxy) is 2. The van der Waals surface area contributed by atoms with Crippen molar-refractivity contribution in [3.05, 3.63) is 65.5 Å². The topological polar surface area (TPSA) is 107 Å². The van der Waals surface area contributed by atoms with Crippen LogP contribution in [0.3, 0.4) is 0 Å². The van der Waals surface area contributed by atoms with E-state index in [2.05, 4.69) is 20.8 Å². The zero-order chi connectivity index (χ0) is 27.7. The lowest BCUT2D eigenvalue weighted by atomic mass is 10.2. The molecule has 202 valence electrons. The fourth-order valence-corrected chi connectivity index (χ4v) is 4.15. The van der Waals surface area contributed by atoms with Crippen LogP contribution in [0.4, 0.5) is 18.9 Å². The Hall–Kier alpha value is -4.00. The summed E-state index contributed by atoms with van der Waals surface area (Å²) in [5, 5.41) is 13.8. The Kier molecular flexibility index (Phi) is 9.77. The van der Waals surface area contributed by atoms with Gasteiger partial charge in [-0.15, -0.1) is 10.2 Å². The van der Waals surface area contributed by atoms with E-state index in [1.54, 1.807) is 28.8 Å². The van der Waals surface area contributed by atoms with E-state index in [0.29, 0.717) is 29.0 Å². The number of alkyl halides is 3. The van der Waals surface area contributed by atoms with E-state index in [0.717, 1.165) is 29.5 Å². The second kappa shape index (κ2) is 13.0. The molecule has 0 aliphatic rings. The molecule has 3 aromatic rings. The average Bonchev–Trinajstić information content (AvgIpc) is 3.30. The third-order valence-electron chi connectivity index (χ3n) is 5.17. The molecule has 1 aromatic heterocycles. The molecular weight excluding hydrogens is 523 g/mol. The van der Waals surface area contributed by atoms with Crippen LogP contribution in [0, 0.1) is 0 Å². The maximum atomic E-state index is 12.9. The lowest BCUT2D eigenvalue weighted by Gasteiger charge is -2.10. The van der Waals surface area contributed by atoms with E-state index in [1.807, 2.05) is 6.92 Å². The zero-order valence-electron chi connectivity index (χ0n) is 20.8. The van der Waals surface area contributed by atoms with E-state index >= 15 is 0 Å². The number of hydrogen-bond acceptors (Lipinski definition) is 7. The van der Waals surface area contributed by atoms with Gasteiger partial charge in [0.15, 0.2) is 22.5 Å². The summed E-state index contributed by atoms with van der Waals surface area (Å²) in [7, 11) is 3.06. The molecule has 0 aliphatic heterocycles. The maximum absolute atomic E-state index is 12.9. The first-order chi connectivity index (χ1) is 18.1. The van der Waals surface area contributed by atoms with Gasteiger partial charge >= 0.3 is 6.18 Å². The third-order valence-corrected chi connectivity index (χ3v) is 6.14. The Morgan fingerprint density at radius 2 is 1.84 bits per heavy atom. The van der Waals surface area contributed by atoms with Gasteiger partial charge in [-0.05, 0) is 48.9 Å². The monoisotopic (exact) mass is 549 g/mol. The van der Waals surface area contributed by atoms with Crippen LogP contribution in [0.1, 0.15) is 23.9 Å². The lowest BCUT2D eigenvalue weighted by Crippen LogP contribution is -2.22. The molecule has 0 radical (unpaired) electrons. The molecule has 9 nitrogen and oxygen atoms in total. The number of thioether (sulfide) groups is 1. The number of carbonyl (C=O) groups excluding carboxylic acids is 2. The molecule has 38 heavy (non-hydrogen) atoms. The number of anilines is 1. The van der Waals surface area contributed by atoms with Gasteiger partial charge in [-0.3, -0.25) is 9.59 Å². The molecule has 0 aliphatic carbocycles. The Labute approximate surface area is 221 Å². The maximum Gasteiger partial charge on any atom is 0.416 e. The molecule has 1 heterocycles. The highest BCUT2D eigenvalue weighted by molar-refractivity contribution is 7.99. The summed E-state index contributed by atoms with van der Waals surface area (Å²) < 4.78 is 50.8. The fraction of sp³-hybridized carbons (Fsp3) is 0.280. The molecule has 0 atom stereocenters. The Morgan fingerprint density at radius 3 is 2.53 bits per heavy atom. The van der Waals surface area contributed by atoms with Gasteiger partial charge in [0.25, 0.3) is 0 Å². The van der Waals surface area contributed by atoms with Crippen molar-refractivity contribution in [2.45, 2.75) is 31.3 Å². The lowest BCUT2D eigenvalue weighted by molar-refractivity contribution is -0.137. The van der Waals surface area contributed by atoms with E-state index < -0.39 is 17.6 Å². The Morgan fingerprint density at radius 1 is 1.08 bits per heavy atom. The van der Waals surface area contributed by atoms with Crippen LogP contribution in [0.15, 0.2) is 53.7 Å². The third kappa shape index (κ3) is 7.75. The second-order valence-electron chi connectivity index (χ2n) is 7.72. The van der Waals surface area contributed by atoms with Crippen LogP contribution in [0.5, 0.6) is 11.5 Å². The minimum absolute atomic E-state index is 0.0481. The molecule has 2 amide bonds. The average molecular weight is 550 g/mol. The number of amides is 2. The van der Waals surface area contributed by atoms with Gasteiger partial charge in [-0.1, -0.05) is 23.9 Å². The van der Waals surface area contributed by atoms with E-state index in [9.17, 15) is 22.8 Å². The highest BCUT2D eigenvalue weighted by Gasteiger charge is 2.30. The number of nitrogens with zero attached hydrogens (tertiary/aromatic N) is 3. The first-order valence-electron chi connectivity index (χ1n) is 11.3. The van der Waals surface area contributed by atoms with Crippen LogP contribution in [-0.2, 0) is 28.9 Å². The molecule has 0 saturated heterocycles. The zero-order valence-corrected chi connectivity index (χ0v) is 21.7. The summed E-state index contributed by atoms with van der Waals surface area (Å²) in [5.41, 5.74) is -0.0533. The molecular formula is C25H26F3N5O4S. The summed E-state index contributed by atoms with van der Waals surface area (Å²) in [6.45, 7) is 2.45. The van der Waals surface area contributed by atoms with Gasteiger partial charge in [-0.2, -0.15) is 13.2 Å². The number of benzene rings is 2. The van der Waals surface area contributed by atoms with Crippen molar-refractivity contribution < 1.29 is 32.2 Å². The van der Waals surface area contributed by atoms with Crippen molar-refractivity contribution in [1.29, 1.82) is 0 Å². The standard InChI is InChI=1S/C25H26F3N5O4S/c1-4-33-21(14-29-22(34)11-9-16-8-10-19(36-2)20(12-16)37-3)31-32-24(33)38-15-23(35)30-18-7-5-6-17(13-18)25(26,27)28/h5-13H,4,14-15H2,1-3H3,(H,29,34)(H,30,35)/b11-9+. The van der Waals surface area contributed by atoms with Gasteiger partial charge in [0, 0.05) is 18.3 Å². The van der Waals surface area contributed by atoms with Crippen molar-refractivity contribution in [2.24, 2.45) is 0 Å². The van der Waals surface area contributed by atoms with Crippen LogP contribution < -0.4 is 20.1 Å². The highest BCUT2D eigenvalue weighted by Crippen LogP contribution is 2.31. The summed E-state index contributed by atoms with van der Waals surface area (Å²) >= 11 is 1.08. The van der Waals surface area contributed by atoms with Gasteiger partial charge in [0.2, 0.25) is 11.8 Å². The number of aromatic nitrogens is 3. The van der Waals surface area contributed by atoms with Crippen LogP contribution in [-0.4, -0.2) is 46.6 Å². The number of halogens is 3. The smallest absolute Gasteiger partial charge is 0.416 e. The van der Waals surface area contributed by atoms with Crippen molar-refractivity contribution in [3.8, 4) is 11.5 Å².